The zero-order chi connectivity index (χ0) is 61.5. The molecular formula is C84H53B2N5O3. The monoisotopic (exact) mass is 1200 g/mol. The normalized spacial score (nSPS) is 13.1. The smallest absolute Gasteiger partial charge is 0.256 e. The maximum absolute atomic E-state index is 7.70. The number of fused-ring (bicyclic) bond motifs is 16. The molecule has 4 aliphatic heterocycles. The minimum atomic E-state index is -0.251. The second-order valence-electron chi connectivity index (χ2n) is 24.7. The van der Waals surface area contributed by atoms with Crippen molar-refractivity contribution in [1.82, 2.24) is 0 Å². The first-order valence-electron chi connectivity index (χ1n) is 32.1. The van der Waals surface area contributed by atoms with Crippen molar-refractivity contribution in [3.05, 3.63) is 322 Å². The van der Waals surface area contributed by atoms with Gasteiger partial charge < -0.3 is 38.1 Å². The number of rotatable bonds is 9. The second kappa shape index (κ2) is 20.6. The number of furan rings is 2. The highest BCUT2D eigenvalue weighted by atomic mass is 16.5. The van der Waals surface area contributed by atoms with Crippen LogP contribution in [0.2, 0.25) is 0 Å². The summed E-state index contributed by atoms with van der Waals surface area (Å²) in [6.45, 7) is -0.487. The third kappa shape index (κ3) is 7.77. The summed E-state index contributed by atoms with van der Waals surface area (Å²) >= 11 is 0. The number of nitrogens with zero attached hydrogens (tertiary/aromatic N) is 5. The Morgan fingerprint density at radius 3 is 1.12 bits per heavy atom. The van der Waals surface area contributed by atoms with Gasteiger partial charge in [-0.15, -0.1) is 0 Å². The molecule has 14 aromatic carbocycles. The fraction of sp³-hybridized carbons (Fsp3) is 0. The molecular weight excluding hydrogens is 1150 g/mol. The van der Waals surface area contributed by atoms with Gasteiger partial charge in [0.05, 0.1) is 11.4 Å². The Kier molecular flexibility index (Phi) is 11.5. The summed E-state index contributed by atoms with van der Waals surface area (Å²) in [4.78, 5) is 11.9. The van der Waals surface area contributed by atoms with Crippen molar-refractivity contribution in [3.63, 3.8) is 0 Å². The maximum atomic E-state index is 7.70. The lowest BCUT2D eigenvalue weighted by Crippen LogP contribution is -2.64. The number of para-hydroxylation sites is 9. The summed E-state index contributed by atoms with van der Waals surface area (Å²) in [5.74, 6) is 1.61. The van der Waals surface area contributed by atoms with Gasteiger partial charge in [-0.2, -0.15) is 0 Å². The summed E-state index contributed by atoms with van der Waals surface area (Å²) in [6, 6.07) is 115. The molecule has 16 aromatic rings. The highest BCUT2D eigenvalue weighted by molar-refractivity contribution is 7.03. The van der Waals surface area contributed by atoms with E-state index in [2.05, 4.69) is 346 Å². The third-order valence-corrected chi connectivity index (χ3v) is 19.6. The number of anilines is 15. The molecule has 0 spiro atoms. The molecule has 0 unspecified atom stereocenters. The van der Waals surface area contributed by atoms with E-state index in [9.17, 15) is 0 Å². The van der Waals surface area contributed by atoms with Gasteiger partial charge in [0.2, 0.25) is 0 Å². The molecule has 6 heterocycles. The standard InChI is InChI=1S/C84H53B2N5O3/c1-8-26-54(27-9-1)87(55-28-10-2-11-29-55)61-44-46-63-65-50-74-79-81(83(65)93-75(63)48-61)90(59-36-18-6-19-37-59)71-42-24-22-40-67(71)85(79)69-52-70-77(53-73(69)89(74)58-34-16-5-17-35-58)92-78-51-66-64-47-45-62(88(56-30-12-3-13-31-56)57-32-14-4-15-33-57)49-76(64)94-84(66)82-80(78)86(70)68-41-23-25-43-72(68)91(82)60-38-20-7-21-39-60/h1-53H. The van der Waals surface area contributed by atoms with Crippen LogP contribution in [0.3, 0.4) is 0 Å². The van der Waals surface area contributed by atoms with Crippen molar-refractivity contribution in [2.75, 3.05) is 24.5 Å². The second-order valence-corrected chi connectivity index (χ2v) is 24.7. The van der Waals surface area contributed by atoms with Gasteiger partial charge in [-0.05, 0) is 161 Å². The van der Waals surface area contributed by atoms with E-state index in [0.29, 0.717) is 0 Å². The molecule has 0 aliphatic carbocycles. The Hall–Kier alpha value is -12.4. The van der Waals surface area contributed by atoms with Crippen LogP contribution in [0.5, 0.6) is 11.5 Å². The predicted molar refractivity (Wildman–Crippen MR) is 390 cm³/mol. The number of hydrogen-bond donors (Lipinski definition) is 0. The van der Waals surface area contributed by atoms with Crippen molar-refractivity contribution in [2.45, 2.75) is 0 Å². The molecule has 4 aliphatic rings. The van der Waals surface area contributed by atoms with Crippen molar-refractivity contribution >= 4 is 175 Å². The van der Waals surface area contributed by atoms with Crippen LogP contribution in [-0.2, 0) is 0 Å². The topological polar surface area (TPSA) is 51.7 Å². The Morgan fingerprint density at radius 1 is 0.255 bits per heavy atom. The molecule has 0 radical (unpaired) electrons. The maximum Gasteiger partial charge on any atom is 0.256 e. The zero-order valence-electron chi connectivity index (χ0n) is 50.7. The van der Waals surface area contributed by atoms with Gasteiger partial charge in [0, 0.05) is 119 Å². The van der Waals surface area contributed by atoms with Crippen LogP contribution in [0.15, 0.2) is 330 Å². The third-order valence-electron chi connectivity index (χ3n) is 19.6. The van der Waals surface area contributed by atoms with E-state index in [1.54, 1.807) is 0 Å². The SMILES string of the molecule is c1ccc(N(c2ccccc2)c2ccc3c(c2)oc2c4c5c(cc23)Oc2cc3c(cc2B5c2ccccc2N4c2ccccc2)B2c4ccccc4N(c4ccccc4)c4c2c(cc2c4oc4cc(N(c5ccccc5)c5ccccc5)ccc42)N3c2ccccc2)cc1. The molecule has 10 heteroatoms. The number of benzene rings is 14. The molecule has 0 saturated heterocycles. The lowest BCUT2D eigenvalue weighted by Gasteiger charge is -2.45. The van der Waals surface area contributed by atoms with Crippen LogP contribution in [0.4, 0.5) is 85.3 Å². The molecule has 0 bridgehead atoms. The van der Waals surface area contributed by atoms with E-state index >= 15 is 0 Å². The van der Waals surface area contributed by atoms with E-state index < -0.39 is 0 Å². The van der Waals surface area contributed by atoms with Gasteiger partial charge in [0.1, 0.15) is 22.7 Å². The Morgan fingerprint density at radius 2 is 0.649 bits per heavy atom. The quantitative estimate of drug-likeness (QED) is 0.133. The fourth-order valence-corrected chi connectivity index (χ4v) is 15.7. The largest absolute Gasteiger partial charge is 0.458 e. The van der Waals surface area contributed by atoms with Crippen molar-refractivity contribution < 1.29 is 13.6 Å². The number of hydrogen-bond acceptors (Lipinski definition) is 8. The van der Waals surface area contributed by atoms with Crippen LogP contribution in [0.1, 0.15) is 0 Å². The first-order chi connectivity index (χ1) is 46.7. The van der Waals surface area contributed by atoms with Crippen molar-refractivity contribution in [3.8, 4) is 11.5 Å². The van der Waals surface area contributed by atoms with E-state index in [1.165, 1.54) is 21.9 Å². The van der Waals surface area contributed by atoms with Gasteiger partial charge in [-0.3, -0.25) is 0 Å². The highest BCUT2D eigenvalue weighted by Crippen LogP contribution is 2.53. The first-order valence-corrected chi connectivity index (χ1v) is 32.1. The molecule has 94 heavy (non-hydrogen) atoms. The average Bonchev–Trinajstić information content (AvgIpc) is 1.12. The van der Waals surface area contributed by atoms with Crippen LogP contribution in [-0.4, -0.2) is 13.4 Å². The average molecular weight is 1200 g/mol. The predicted octanol–water partition coefficient (Wildman–Crippen LogP) is 18.9. The molecule has 8 nitrogen and oxygen atoms in total. The van der Waals surface area contributed by atoms with E-state index in [1.807, 2.05) is 0 Å². The lowest BCUT2D eigenvalue weighted by atomic mass is 9.30. The Balaban J connectivity index is 0.839. The summed E-state index contributed by atoms with van der Waals surface area (Å²) in [6.07, 6.45) is 0. The van der Waals surface area contributed by atoms with Crippen LogP contribution < -0.4 is 62.0 Å². The molecule has 0 fully saturated rings. The molecule has 0 N–H and O–H groups in total. The van der Waals surface area contributed by atoms with Crippen LogP contribution >= 0.6 is 0 Å². The van der Waals surface area contributed by atoms with Gasteiger partial charge in [-0.1, -0.05) is 170 Å². The van der Waals surface area contributed by atoms with Crippen molar-refractivity contribution in [1.29, 1.82) is 0 Å². The zero-order valence-corrected chi connectivity index (χ0v) is 50.7. The lowest BCUT2D eigenvalue weighted by molar-refractivity contribution is 0.488. The molecule has 438 valence electrons. The highest BCUT2D eigenvalue weighted by Gasteiger charge is 2.49. The Bertz CT molecular complexity index is 5620. The van der Waals surface area contributed by atoms with E-state index in [4.69, 9.17) is 13.6 Å². The molecule has 20 rings (SSSR count). The van der Waals surface area contributed by atoms with Gasteiger partial charge in [-0.25, -0.2) is 0 Å². The summed E-state index contributed by atoms with van der Waals surface area (Å²) in [5.41, 5.74) is 25.7. The van der Waals surface area contributed by atoms with Gasteiger partial charge in [0.25, 0.3) is 13.4 Å². The summed E-state index contributed by atoms with van der Waals surface area (Å²) in [5, 5.41) is 4.04. The molecule has 0 atom stereocenters. The summed E-state index contributed by atoms with van der Waals surface area (Å²) < 4.78 is 22.7. The van der Waals surface area contributed by atoms with Gasteiger partial charge >= 0.3 is 0 Å². The number of ether oxygens (including phenoxy) is 1. The van der Waals surface area contributed by atoms with E-state index in [-0.39, 0.29) is 13.4 Å². The van der Waals surface area contributed by atoms with E-state index in [0.717, 1.165) is 152 Å². The van der Waals surface area contributed by atoms with Crippen molar-refractivity contribution in [2.24, 2.45) is 0 Å². The molecule has 0 saturated carbocycles. The van der Waals surface area contributed by atoms with Crippen LogP contribution in [0.25, 0.3) is 43.9 Å². The molecule has 0 amide bonds. The minimum Gasteiger partial charge on any atom is -0.458 e. The van der Waals surface area contributed by atoms with Crippen LogP contribution in [0, 0.1) is 0 Å². The van der Waals surface area contributed by atoms with Gasteiger partial charge in [0.15, 0.2) is 11.2 Å². The Labute approximate surface area is 543 Å². The molecule has 2 aromatic heterocycles. The fourth-order valence-electron chi connectivity index (χ4n) is 15.7. The minimum absolute atomic E-state index is 0.236. The first kappa shape index (κ1) is 52.4. The summed E-state index contributed by atoms with van der Waals surface area (Å²) in [7, 11) is 0.